The molecule has 4 heteroatoms. The second-order valence-electron chi connectivity index (χ2n) is 7.02. The summed E-state index contributed by atoms with van der Waals surface area (Å²) >= 11 is 0. The van der Waals surface area contributed by atoms with Crippen LogP contribution in [0.1, 0.15) is 47.0 Å². The average molecular weight is 270 g/mol. The Labute approximate surface area is 117 Å². The first-order valence-electron chi connectivity index (χ1n) is 7.57. The van der Waals surface area contributed by atoms with Gasteiger partial charge >= 0.3 is 0 Å². The van der Waals surface area contributed by atoms with Gasteiger partial charge in [0.25, 0.3) is 0 Å². The zero-order valence-corrected chi connectivity index (χ0v) is 13.0. The fourth-order valence-electron chi connectivity index (χ4n) is 3.80. The number of rotatable bonds is 3. The van der Waals surface area contributed by atoms with Crippen LogP contribution < -0.4 is 5.73 Å². The van der Waals surface area contributed by atoms with E-state index in [4.69, 9.17) is 15.2 Å². The van der Waals surface area contributed by atoms with Crippen LogP contribution in [0.2, 0.25) is 0 Å². The molecule has 0 aromatic heterocycles. The average Bonchev–Trinajstić information content (AvgIpc) is 2.38. The molecule has 19 heavy (non-hydrogen) atoms. The highest BCUT2D eigenvalue weighted by Gasteiger charge is 2.50. The molecule has 0 spiro atoms. The van der Waals surface area contributed by atoms with Gasteiger partial charge in [0.15, 0.2) is 0 Å². The Morgan fingerprint density at radius 1 is 1.21 bits per heavy atom. The quantitative estimate of drug-likeness (QED) is 0.849. The maximum atomic E-state index is 6.23. The van der Waals surface area contributed by atoms with Crippen molar-refractivity contribution >= 4 is 0 Å². The molecule has 2 aliphatic rings. The minimum atomic E-state index is -0.0357. The van der Waals surface area contributed by atoms with Crippen molar-refractivity contribution in [2.75, 3.05) is 32.9 Å². The summed E-state index contributed by atoms with van der Waals surface area (Å²) in [5.74, 6) is 0. The molecule has 2 N–H and O–H groups in total. The van der Waals surface area contributed by atoms with Crippen molar-refractivity contribution in [2.45, 2.75) is 63.6 Å². The highest BCUT2D eigenvalue weighted by molar-refractivity contribution is 5.05. The number of nitrogens with two attached hydrogens (primary N) is 1. The Kier molecular flexibility index (Phi) is 4.26. The van der Waals surface area contributed by atoms with E-state index in [0.29, 0.717) is 6.54 Å². The number of ether oxygens (including phenoxy) is 2. The molecule has 2 aliphatic heterocycles. The van der Waals surface area contributed by atoms with E-state index in [-0.39, 0.29) is 16.7 Å². The van der Waals surface area contributed by atoms with Gasteiger partial charge in [-0.05, 0) is 40.0 Å². The molecule has 0 radical (unpaired) electrons. The summed E-state index contributed by atoms with van der Waals surface area (Å²) in [5.41, 5.74) is 6.32. The van der Waals surface area contributed by atoms with Gasteiger partial charge in [-0.15, -0.1) is 0 Å². The molecule has 2 fully saturated rings. The van der Waals surface area contributed by atoms with Crippen LogP contribution in [0.5, 0.6) is 0 Å². The molecule has 2 rings (SSSR count). The first-order chi connectivity index (χ1) is 8.87. The number of hydrogen-bond donors (Lipinski definition) is 1. The van der Waals surface area contributed by atoms with Gasteiger partial charge in [-0.2, -0.15) is 0 Å². The summed E-state index contributed by atoms with van der Waals surface area (Å²) in [6, 6.07) is 0. The van der Waals surface area contributed by atoms with Gasteiger partial charge in [-0.25, -0.2) is 0 Å². The summed E-state index contributed by atoms with van der Waals surface area (Å²) in [7, 11) is 0. The third-order valence-corrected chi connectivity index (χ3v) is 5.07. The van der Waals surface area contributed by atoms with Crippen molar-refractivity contribution in [1.82, 2.24) is 4.90 Å². The molecular weight excluding hydrogens is 240 g/mol. The van der Waals surface area contributed by atoms with Crippen LogP contribution in [-0.4, -0.2) is 54.5 Å². The van der Waals surface area contributed by atoms with Crippen molar-refractivity contribution in [2.24, 2.45) is 5.73 Å². The summed E-state index contributed by atoms with van der Waals surface area (Å²) < 4.78 is 11.7. The van der Waals surface area contributed by atoms with E-state index >= 15 is 0 Å². The molecule has 0 amide bonds. The Hall–Kier alpha value is -0.160. The fraction of sp³-hybridized carbons (Fsp3) is 1.00. The standard InChI is InChI=1S/C15H30N2O2/c1-5-14(4)10-15(11-16,6-8-19-14)17-7-9-18-12-13(17,2)3/h5-12,16H2,1-4H3. The minimum Gasteiger partial charge on any atom is -0.378 e. The molecule has 0 bridgehead atoms. The van der Waals surface area contributed by atoms with E-state index in [1.807, 2.05) is 0 Å². The van der Waals surface area contributed by atoms with E-state index < -0.39 is 0 Å². The Balaban J connectivity index is 2.26. The zero-order valence-electron chi connectivity index (χ0n) is 13.0. The lowest BCUT2D eigenvalue weighted by Crippen LogP contribution is -2.69. The van der Waals surface area contributed by atoms with E-state index in [1.165, 1.54) is 0 Å². The van der Waals surface area contributed by atoms with Crippen molar-refractivity contribution in [3.63, 3.8) is 0 Å². The van der Waals surface area contributed by atoms with Crippen LogP contribution in [0, 0.1) is 0 Å². The van der Waals surface area contributed by atoms with Gasteiger partial charge in [-0.3, -0.25) is 4.90 Å². The maximum Gasteiger partial charge on any atom is 0.0670 e. The van der Waals surface area contributed by atoms with Gasteiger partial charge < -0.3 is 15.2 Å². The SMILES string of the molecule is CCC1(C)CC(CN)(N2CCOCC2(C)C)CCO1. The highest BCUT2D eigenvalue weighted by atomic mass is 16.5. The highest BCUT2D eigenvalue weighted by Crippen LogP contribution is 2.41. The minimum absolute atomic E-state index is 0.0357. The first kappa shape index (κ1) is 15.2. The summed E-state index contributed by atoms with van der Waals surface area (Å²) in [6.45, 7) is 13.1. The molecule has 112 valence electrons. The maximum absolute atomic E-state index is 6.23. The van der Waals surface area contributed by atoms with Crippen LogP contribution in [0.15, 0.2) is 0 Å². The molecule has 2 heterocycles. The van der Waals surface area contributed by atoms with E-state index in [1.54, 1.807) is 0 Å². The molecule has 0 aliphatic carbocycles. The summed E-state index contributed by atoms with van der Waals surface area (Å²) in [5, 5.41) is 0. The van der Waals surface area contributed by atoms with Gasteiger partial charge in [0, 0.05) is 30.8 Å². The van der Waals surface area contributed by atoms with E-state index in [9.17, 15) is 0 Å². The van der Waals surface area contributed by atoms with Crippen LogP contribution in [0.3, 0.4) is 0 Å². The molecule has 2 atom stereocenters. The lowest BCUT2D eigenvalue weighted by molar-refractivity contribution is -0.173. The van der Waals surface area contributed by atoms with Gasteiger partial charge in [0.2, 0.25) is 0 Å². The van der Waals surface area contributed by atoms with Crippen molar-refractivity contribution < 1.29 is 9.47 Å². The Morgan fingerprint density at radius 2 is 1.95 bits per heavy atom. The van der Waals surface area contributed by atoms with E-state index in [0.717, 1.165) is 45.6 Å². The van der Waals surface area contributed by atoms with Crippen LogP contribution in [-0.2, 0) is 9.47 Å². The molecule has 0 saturated carbocycles. The number of morpholine rings is 1. The van der Waals surface area contributed by atoms with Gasteiger partial charge in [0.1, 0.15) is 0 Å². The number of nitrogens with zero attached hydrogens (tertiary/aromatic N) is 1. The first-order valence-corrected chi connectivity index (χ1v) is 7.57. The predicted molar refractivity (Wildman–Crippen MR) is 77.3 cm³/mol. The van der Waals surface area contributed by atoms with Crippen molar-refractivity contribution in [3.8, 4) is 0 Å². The molecule has 4 nitrogen and oxygen atoms in total. The predicted octanol–water partition coefficient (Wildman–Crippen LogP) is 1.77. The second kappa shape index (κ2) is 5.32. The lowest BCUT2D eigenvalue weighted by atomic mass is 9.75. The largest absolute Gasteiger partial charge is 0.378 e. The molecule has 2 saturated heterocycles. The Morgan fingerprint density at radius 3 is 2.53 bits per heavy atom. The van der Waals surface area contributed by atoms with Gasteiger partial charge in [0.05, 0.1) is 18.8 Å². The molecule has 0 aromatic rings. The summed E-state index contributed by atoms with van der Waals surface area (Å²) in [4.78, 5) is 2.60. The molecule has 0 aromatic carbocycles. The summed E-state index contributed by atoms with van der Waals surface area (Å²) in [6.07, 6.45) is 3.10. The topological polar surface area (TPSA) is 47.7 Å². The van der Waals surface area contributed by atoms with Crippen LogP contribution >= 0.6 is 0 Å². The smallest absolute Gasteiger partial charge is 0.0670 e. The number of hydrogen-bond acceptors (Lipinski definition) is 4. The molecular formula is C15H30N2O2. The molecule has 2 unspecified atom stereocenters. The fourth-order valence-corrected chi connectivity index (χ4v) is 3.80. The normalized spacial score (nSPS) is 40.3. The van der Waals surface area contributed by atoms with Crippen LogP contribution in [0.25, 0.3) is 0 Å². The third kappa shape index (κ3) is 2.82. The van der Waals surface area contributed by atoms with Gasteiger partial charge in [-0.1, -0.05) is 6.92 Å². The van der Waals surface area contributed by atoms with Crippen molar-refractivity contribution in [3.05, 3.63) is 0 Å². The second-order valence-corrected chi connectivity index (χ2v) is 7.02. The Bertz CT molecular complexity index is 321. The zero-order chi connectivity index (χ0) is 14.1. The van der Waals surface area contributed by atoms with E-state index in [2.05, 4.69) is 32.6 Å². The third-order valence-electron chi connectivity index (χ3n) is 5.07. The lowest BCUT2D eigenvalue weighted by Gasteiger charge is -2.58. The van der Waals surface area contributed by atoms with Crippen LogP contribution in [0.4, 0.5) is 0 Å². The monoisotopic (exact) mass is 270 g/mol. The van der Waals surface area contributed by atoms with Crippen molar-refractivity contribution in [1.29, 1.82) is 0 Å².